The highest BCUT2D eigenvalue weighted by molar-refractivity contribution is 9.10. The van der Waals surface area contributed by atoms with E-state index in [2.05, 4.69) is 36.9 Å². The van der Waals surface area contributed by atoms with Gasteiger partial charge in [-0.3, -0.25) is 4.79 Å². The molecule has 3 aromatic rings. The third-order valence-corrected chi connectivity index (χ3v) is 6.63. The Kier molecular flexibility index (Phi) is 5.51. The fraction of sp³-hybridized carbons (Fsp3) is 0.250. The van der Waals surface area contributed by atoms with Gasteiger partial charge in [0.2, 0.25) is 11.1 Å². The first-order valence-electron chi connectivity index (χ1n) is 9.03. The number of hydrogen-bond acceptors (Lipinski definition) is 6. The maximum atomic E-state index is 13.3. The molecule has 4 rings (SSSR count). The molecular weight excluding hydrogens is 454 g/mol. The molecule has 0 unspecified atom stereocenters. The van der Waals surface area contributed by atoms with E-state index < -0.39 is 5.25 Å². The smallest absolute Gasteiger partial charge is 0.240 e. The maximum absolute atomic E-state index is 13.3. The average Bonchev–Trinajstić information content (AvgIpc) is 3.08. The standard InChI is InChI=1S/C20H20BrN5O2S/c1-11-6-4-5-7-15(11)22-19(27)18-17(13-8-9-16(28-3)14(21)10-13)25-26-12(2)23-24-20(26)29-18/h4-10,17-18,25H,1-3H3,(H,22,27)/t17-,18-/m1/s1. The number of nitrogens with one attached hydrogen (secondary N) is 2. The normalized spacial score (nSPS) is 17.9. The molecule has 0 saturated heterocycles. The van der Waals surface area contributed by atoms with Crippen LogP contribution < -0.4 is 15.5 Å². The molecule has 2 N–H and O–H groups in total. The van der Waals surface area contributed by atoms with Gasteiger partial charge in [-0.2, -0.15) is 0 Å². The highest BCUT2D eigenvalue weighted by atomic mass is 79.9. The number of aryl methyl sites for hydroxylation is 2. The molecule has 1 aromatic heterocycles. The minimum Gasteiger partial charge on any atom is -0.496 e. The second-order valence-corrected chi connectivity index (χ2v) is 8.67. The number of nitrogens with zero attached hydrogens (tertiary/aromatic N) is 3. The largest absolute Gasteiger partial charge is 0.496 e. The number of ether oxygens (including phenoxy) is 1. The van der Waals surface area contributed by atoms with E-state index >= 15 is 0 Å². The minimum absolute atomic E-state index is 0.0966. The number of thioether (sulfide) groups is 1. The Labute approximate surface area is 181 Å². The lowest BCUT2D eigenvalue weighted by Crippen LogP contribution is -2.41. The summed E-state index contributed by atoms with van der Waals surface area (Å²) in [6.45, 7) is 3.85. The van der Waals surface area contributed by atoms with Gasteiger partial charge in [0.05, 0.1) is 17.6 Å². The van der Waals surface area contributed by atoms with E-state index in [0.717, 1.165) is 32.9 Å². The first-order chi connectivity index (χ1) is 14.0. The van der Waals surface area contributed by atoms with Crippen molar-refractivity contribution in [3.8, 4) is 5.75 Å². The van der Waals surface area contributed by atoms with Crippen LogP contribution in [0.3, 0.4) is 0 Å². The third-order valence-electron chi connectivity index (χ3n) is 4.79. The van der Waals surface area contributed by atoms with E-state index in [-0.39, 0.29) is 11.9 Å². The third kappa shape index (κ3) is 3.84. The Morgan fingerprint density at radius 2 is 2.03 bits per heavy atom. The Balaban J connectivity index is 1.70. The molecule has 2 heterocycles. The zero-order chi connectivity index (χ0) is 20.5. The van der Waals surface area contributed by atoms with Crippen LogP contribution in [0.15, 0.2) is 52.1 Å². The number of hydrogen-bond donors (Lipinski definition) is 2. The highest BCUT2D eigenvalue weighted by Gasteiger charge is 2.37. The average molecular weight is 474 g/mol. The number of anilines is 1. The highest BCUT2D eigenvalue weighted by Crippen LogP contribution is 2.39. The van der Waals surface area contributed by atoms with Gasteiger partial charge in [-0.1, -0.05) is 36.0 Å². The topological polar surface area (TPSA) is 81.1 Å². The van der Waals surface area contributed by atoms with Gasteiger partial charge in [0.15, 0.2) is 0 Å². The van der Waals surface area contributed by atoms with Crippen molar-refractivity contribution in [3.05, 3.63) is 63.9 Å². The lowest BCUT2D eigenvalue weighted by atomic mass is 10.0. The summed E-state index contributed by atoms with van der Waals surface area (Å²) in [4.78, 5) is 13.3. The van der Waals surface area contributed by atoms with E-state index in [4.69, 9.17) is 4.74 Å². The first kappa shape index (κ1) is 19.8. The fourth-order valence-corrected chi connectivity index (χ4v) is 4.89. The van der Waals surface area contributed by atoms with Crippen LogP contribution >= 0.6 is 27.7 Å². The van der Waals surface area contributed by atoms with Crippen LogP contribution in [-0.2, 0) is 4.79 Å². The molecule has 7 nitrogen and oxygen atoms in total. The van der Waals surface area contributed by atoms with Crippen LogP contribution in [0.5, 0.6) is 5.75 Å². The van der Waals surface area contributed by atoms with E-state index in [1.54, 1.807) is 7.11 Å². The molecule has 29 heavy (non-hydrogen) atoms. The molecule has 1 aliphatic heterocycles. The fourth-order valence-electron chi connectivity index (χ4n) is 3.20. The Morgan fingerprint density at radius 1 is 1.24 bits per heavy atom. The van der Waals surface area contributed by atoms with Crippen LogP contribution in [-0.4, -0.2) is 33.1 Å². The number of halogens is 1. The second-order valence-electron chi connectivity index (χ2n) is 6.71. The summed E-state index contributed by atoms with van der Waals surface area (Å²) in [6.07, 6.45) is 0. The van der Waals surface area contributed by atoms with E-state index in [1.165, 1.54) is 11.8 Å². The van der Waals surface area contributed by atoms with E-state index in [9.17, 15) is 4.79 Å². The predicted molar refractivity (Wildman–Crippen MR) is 117 cm³/mol. The zero-order valence-corrected chi connectivity index (χ0v) is 18.5. The Hall–Kier alpha value is -2.52. The van der Waals surface area contributed by atoms with Crippen molar-refractivity contribution in [1.29, 1.82) is 0 Å². The summed E-state index contributed by atoms with van der Waals surface area (Å²) in [7, 11) is 1.62. The van der Waals surface area contributed by atoms with Crippen LogP contribution in [0.2, 0.25) is 0 Å². The van der Waals surface area contributed by atoms with Crippen molar-refractivity contribution >= 4 is 39.3 Å². The first-order valence-corrected chi connectivity index (χ1v) is 10.7. The molecule has 0 aliphatic carbocycles. The number of fused-ring (bicyclic) bond motifs is 1. The quantitative estimate of drug-likeness (QED) is 0.594. The molecule has 0 spiro atoms. The molecule has 1 amide bonds. The van der Waals surface area contributed by atoms with Crippen LogP contribution in [0.1, 0.15) is 23.0 Å². The summed E-state index contributed by atoms with van der Waals surface area (Å²) in [5.41, 5.74) is 6.17. The minimum atomic E-state index is -0.439. The molecule has 9 heteroatoms. The summed E-state index contributed by atoms with van der Waals surface area (Å²) in [6, 6.07) is 13.3. The summed E-state index contributed by atoms with van der Waals surface area (Å²) < 4.78 is 7.99. The van der Waals surface area contributed by atoms with Gasteiger partial charge in [-0.05, 0) is 59.1 Å². The molecule has 0 saturated carbocycles. The molecule has 1 aliphatic rings. The molecular formula is C20H20BrN5O2S. The number of amides is 1. The van der Waals surface area contributed by atoms with Gasteiger partial charge in [-0.25, -0.2) is 4.68 Å². The number of carbonyl (C=O) groups is 1. The van der Waals surface area contributed by atoms with E-state index in [0.29, 0.717) is 5.16 Å². The molecule has 2 atom stereocenters. The van der Waals surface area contributed by atoms with Crippen molar-refractivity contribution in [1.82, 2.24) is 14.9 Å². The summed E-state index contributed by atoms with van der Waals surface area (Å²) in [5, 5.41) is 11.6. The van der Waals surface area contributed by atoms with Crippen molar-refractivity contribution in [2.45, 2.75) is 30.3 Å². The monoisotopic (exact) mass is 473 g/mol. The van der Waals surface area contributed by atoms with Gasteiger partial charge < -0.3 is 15.5 Å². The number of benzene rings is 2. The predicted octanol–water partition coefficient (Wildman–Crippen LogP) is 4.06. The van der Waals surface area contributed by atoms with Gasteiger partial charge in [-0.15, -0.1) is 10.2 Å². The summed E-state index contributed by atoms with van der Waals surface area (Å²) in [5.74, 6) is 1.38. The molecule has 150 valence electrons. The van der Waals surface area contributed by atoms with Crippen LogP contribution in [0.25, 0.3) is 0 Å². The molecule has 2 aromatic carbocycles. The van der Waals surface area contributed by atoms with Gasteiger partial charge in [0.25, 0.3) is 0 Å². The van der Waals surface area contributed by atoms with Crippen molar-refractivity contribution in [3.63, 3.8) is 0 Å². The molecule has 0 radical (unpaired) electrons. The maximum Gasteiger partial charge on any atom is 0.240 e. The van der Waals surface area contributed by atoms with Crippen molar-refractivity contribution in [2.24, 2.45) is 0 Å². The number of rotatable bonds is 4. The molecule has 0 bridgehead atoms. The number of methoxy groups -OCH3 is 1. The SMILES string of the molecule is COc1ccc([C@H]2Nn3c(C)nnc3S[C@H]2C(=O)Nc2ccccc2C)cc1Br. The van der Waals surface area contributed by atoms with Gasteiger partial charge >= 0.3 is 0 Å². The van der Waals surface area contributed by atoms with Crippen molar-refractivity contribution in [2.75, 3.05) is 17.9 Å². The zero-order valence-electron chi connectivity index (χ0n) is 16.1. The number of aromatic nitrogens is 3. The van der Waals surface area contributed by atoms with E-state index in [1.807, 2.05) is 61.0 Å². The van der Waals surface area contributed by atoms with Crippen LogP contribution in [0, 0.1) is 13.8 Å². The lowest BCUT2D eigenvalue weighted by Gasteiger charge is -2.33. The van der Waals surface area contributed by atoms with Crippen molar-refractivity contribution < 1.29 is 9.53 Å². The van der Waals surface area contributed by atoms with Gasteiger partial charge in [0, 0.05) is 5.69 Å². The Morgan fingerprint density at radius 3 is 2.76 bits per heavy atom. The van der Waals surface area contributed by atoms with Gasteiger partial charge in [0.1, 0.15) is 16.8 Å². The number of carbonyl (C=O) groups excluding carboxylic acids is 1. The Bertz CT molecular complexity index is 1070. The molecule has 0 fully saturated rings. The van der Waals surface area contributed by atoms with Crippen LogP contribution in [0.4, 0.5) is 5.69 Å². The summed E-state index contributed by atoms with van der Waals surface area (Å²) >= 11 is 4.94. The number of para-hydroxylation sites is 1. The second kappa shape index (κ2) is 8.08. The lowest BCUT2D eigenvalue weighted by molar-refractivity contribution is -0.116.